The van der Waals surface area contributed by atoms with E-state index in [9.17, 15) is 4.79 Å². The molecule has 0 aromatic heterocycles. The third-order valence-corrected chi connectivity index (χ3v) is 2.64. The van der Waals surface area contributed by atoms with Crippen LogP contribution in [0.3, 0.4) is 0 Å². The molecule has 0 radical (unpaired) electrons. The van der Waals surface area contributed by atoms with Gasteiger partial charge in [0, 0.05) is 19.6 Å². The Balaban J connectivity index is 3.86. The molecule has 0 aliphatic rings. The van der Waals surface area contributed by atoms with Gasteiger partial charge in [0.1, 0.15) is 0 Å². The van der Waals surface area contributed by atoms with Crippen molar-refractivity contribution in [2.45, 2.75) is 52.6 Å². The maximum atomic E-state index is 10.4. The predicted molar refractivity (Wildman–Crippen MR) is 62.4 cm³/mol. The highest BCUT2D eigenvalue weighted by Crippen LogP contribution is 2.22. The van der Waals surface area contributed by atoms with Crippen molar-refractivity contribution in [1.82, 2.24) is 0 Å². The molecule has 2 N–H and O–H groups in total. The zero-order chi connectivity index (χ0) is 12.8. The Morgan fingerprint density at radius 2 is 1.75 bits per heavy atom. The number of carbonyl (C=O) groups is 1. The third kappa shape index (κ3) is 7.65. The van der Waals surface area contributed by atoms with Gasteiger partial charge in [-0.25, -0.2) is 0 Å². The topological polar surface area (TPSA) is 66.8 Å². The number of rotatable bonds is 8. The zero-order valence-electron chi connectivity index (χ0n) is 10.7. The summed E-state index contributed by atoms with van der Waals surface area (Å²) in [6, 6.07) is 0. The highest BCUT2D eigenvalue weighted by Gasteiger charge is 2.22. The van der Waals surface area contributed by atoms with Crippen molar-refractivity contribution in [3.63, 3.8) is 0 Å². The number of aliphatic hydroxyl groups excluding tert-OH is 1. The Kier molecular flexibility index (Phi) is 5.97. The summed E-state index contributed by atoms with van der Waals surface area (Å²) in [4.78, 5) is 10.4. The van der Waals surface area contributed by atoms with Crippen LogP contribution in [0.15, 0.2) is 0 Å². The van der Waals surface area contributed by atoms with Gasteiger partial charge in [-0.2, -0.15) is 0 Å². The lowest BCUT2D eigenvalue weighted by Gasteiger charge is -2.28. The SMILES string of the molecule is CC(C)(CO)CCOC(C)(C)CCC(=O)O. The number of carboxylic acid groups (broad SMARTS) is 1. The summed E-state index contributed by atoms with van der Waals surface area (Å²) in [6.07, 6.45) is 1.39. The Hall–Kier alpha value is -0.610. The standard InChI is InChI=1S/C12H24O4/c1-11(2,9-13)7-8-16-12(3,4)6-5-10(14)15/h13H,5-9H2,1-4H3,(H,14,15). The molecule has 0 aromatic rings. The fourth-order valence-corrected chi connectivity index (χ4v) is 1.16. The van der Waals surface area contributed by atoms with E-state index >= 15 is 0 Å². The molecule has 4 heteroatoms. The van der Waals surface area contributed by atoms with E-state index in [4.69, 9.17) is 14.9 Å². The maximum Gasteiger partial charge on any atom is 0.303 e. The lowest BCUT2D eigenvalue weighted by molar-refractivity contribution is -0.139. The Labute approximate surface area is 97.6 Å². The molecule has 0 aliphatic carbocycles. The number of aliphatic carboxylic acids is 1. The summed E-state index contributed by atoms with van der Waals surface area (Å²) in [5.41, 5.74) is -0.549. The molecule has 0 heterocycles. The van der Waals surface area contributed by atoms with Crippen molar-refractivity contribution in [3.05, 3.63) is 0 Å². The molecule has 16 heavy (non-hydrogen) atoms. The second kappa shape index (κ2) is 6.21. The van der Waals surface area contributed by atoms with Crippen LogP contribution in [-0.2, 0) is 9.53 Å². The molecular weight excluding hydrogens is 208 g/mol. The Bertz CT molecular complexity index is 221. The van der Waals surface area contributed by atoms with Gasteiger partial charge in [-0.1, -0.05) is 13.8 Å². The molecule has 0 saturated carbocycles. The normalized spacial score (nSPS) is 12.8. The van der Waals surface area contributed by atoms with Crippen LogP contribution >= 0.6 is 0 Å². The van der Waals surface area contributed by atoms with Gasteiger partial charge in [-0.15, -0.1) is 0 Å². The minimum atomic E-state index is -0.799. The van der Waals surface area contributed by atoms with Gasteiger partial charge in [0.15, 0.2) is 0 Å². The average Bonchev–Trinajstić information content (AvgIpc) is 2.14. The van der Waals surface area contributed by atoms with Gasteiger partial charge in [0.2, 0.25) is 0 Å². The first kappa shape index (κ1) is 15.4. The van der Waals surface area contributed by atoms with Crippen LogP contribution < -0.4 is 0 Å². The minimum Gasteiger partial charge on any atom is -0.481 e. The number of ether oxygens (including phenoxy) is 1. The zero-order valence-corrected chi connectivity index (χ0v) is 10.7. The van der Waals surface area contributed by atoms with Crippen molar-refractivity contribution >= 4 is 5.97 Å². The van der Waals surface area contributed by atoms with Crippen LogP contribution in [0.4, 0.5) is 0 Å². The molecule has 0 aromatic carbocycles. The molecule has 0 rings (SSSR count). The van der Waals surface area contributed by atoms with Crippen LogP contribution in [0.1, 0.15) is 47.0 Å². The molecule has 0 saturated heterocycles. The van der Waals surface area contributed by atoms with Crippen LogP contribution in [0.5, 0.6) is 0 Å². The van der Waals surface area contributed by atoms with Crippen molar-refractivity contribution in [2.75, 3.05) is 13.2 Å². The van der Waals surface area contributed by atoms with E-state index in [1.807, 2.05) is 27.7 Å². The summed E-state index contributed by atoms with van der Waals surface area (Å²) in [6.45, 7) is 8.40. The number of hydrogen-bond donors (Lipinski definition) is 2. The van der Waals surface area contributed by atoms with Gasteiger partial charge in [-0.05, 0) is 32.1 Å². The smallest absolute Gasteiger partial charge is 0.303 e. The number of carboxylic acids is 1. The molecule has 0 fully saturated rings. The molecule has 0 spiro atoms. The summed E-state index contributed by atoms with van der Waals surface area (Å²) >= 11 is 0. The largest absolute Gasteiger partial charge is 0.481 e. The van der Waals surface area contributed by atoms with E-state index < -0.39 is 11.6 Å². The molecule has 4 nitrogen and oxygen atoms in total. The number of aliphatic hydroxyl groups is 1. The first-order valence-corrected chi connectivity index (χ1v) is 5.65. The molecule has 96 valence electrons. The maximum absolute atomic E-state index is 10.4. The van der Waals surface area contributed by atoms with E-state index in [0.717, 1.165) is 6.42 Å². The lowest BCUT2D eigenvalue weighted by atomic mass is 9.91. The quantitative estimate of drug-likeness (QED) is 0.672. The summed E-state index contributed by atoms with van der Waals surface area (Å²) in [5.74, 6) is -0.799. The summed E-state index contributed by atoms with van der Waals surface area (Å²) in [5, 5.41) is 17.6. The van der Waals surface area contributed by atoms with E-state index in [1.165, 1.54) is 0 Å². The van der Waals surface area contributed by atoms with E-state index in [1.54, 1.807) is 0 Å². The highest BCUT2D eigenvalue weighted by molar-refractivity contribution is 5.66. The predicted octanol–water partition coefficient (Wildman–Crippen LogP) is 2.05. The van der Waals surface area contributed by atoms with Crippen LogP contribution in [0.25, 0.3) is 0 Å². The van der Waals surface area contributed by atoms with Crippen molar-refractivity contribution in [2.24, 2.45) is 5.41 Å². The lowest BCUT2D eigenvalue weighted by Crippen LogP contribution is -2.28. The van der Waals surface area contributed by atoms with Gasteiger partial charge in [0.05, 0.1) is 5.60 Å². The second-order valence-electron chi connectivity index (χ2n) is 5.57. The fourth-order valence-electron chi connectivity index (χ4n) is 1.16. The van der Waals surface area contributed by atoms with Crippen molar-refractivity contribution in [3.8, 4) is 0 Å². The van der Waals surface area contributed by atoms with E-state index in [2.05, 4.69) is 0 Å². The highest BCUT2D eigenvalue weighted by atomic mass is 16.5. The molecule has 0 amide bonds. The van der Waals surface area contributed by atoms with E-state index in [0.29, 0.717) is 13.0 Å². The monoisotopic (exact) mass is 232 g/mol. The molecule has 0 unspecified atom stereocenters. The van der Waals surface area contributed by atoms with Crippen LogP contribution in [0, 0.1) is 5.41 Å². The van der Waals surface area contributed by atoms with E-state index in [-0.39, 0.29) is 18.4 Å². The molecule has 0 bridgehead atoms. The number of hydrogen-bond acceptors (Lipinski definition) is 3. The van der Waals surface area contributed by atoms with Gasteiger partial charge >= 0.3 is 5.97 Å². The first-order chi connectivity index (χ1) is 7.18. The Morgan fingerprint density at radius 1 is 1.19 bits per heavy atom. The second-order valence-corrected chi connectivity index (χ2v) is 5.57. The molecule has 0 aliphatic heterocycles. The molecular formula is C12H24O4. The summed E-state index contributed by atoms with van der Waals surface area (Å²) in [7, 11) is 0. The van der Waals surface area contributed by atoms with Gasteiger partial charge < -0.3 is 14.9 Å². The first-order valence-electron chi connectivity index (χ1n) is 5.65. The van der Waals surface area contributed by atoms with Gasteiger partial charge in [0.25, 0.3) is 0 Å². The molecule has 0 atom stereocenters. The fraction of sp³-hybridized carbons (Fsp3) is 0.917. The van der Waals surface area contributed by atoms with Crippen molar-refractivity contribution in [1.29, 1.82) is 0 Å². The summed E-state index contributed by atoms with van der Waals surface area (Å²) < 4.78 is 5.64. The average molecular weight is 232 g/mol. The van der Waals surface area contributed by atoms with Crippen LogP contribution in [0.2, 0.25) is 0 Å². The third-order valence-electron chi connectivity index (χ3n) is 2.64. The Morgan fingerprint density at radius 3 is 2.19 bits per heavy atom. The van der Waals surface area contributed by atoms with Crippen LogP contribution in [-0.4, -0.2) is 35.0 Å². The van der Waals surface area contributed by atoms with Crippen molar-refractivity contribution < 1.29 is 19.7 Å². The minimum absolute atomic E-state index is 0.121. The van der Waals surface area contributed by atoms with Gasteiger partial charge in [-0.3, -0.25) is 4.79 Å².